The molecule has 0 spiro atoms. The quantitative estimate of drug-likeness (QED) is 0.426. The lowest BCUT2D eigenvalue weighted by molar-refractivity contribution is 0.0850. The molecule has 0 amide bonds. The van der Waals surface area contributed by atoms with E-state index in [0.717, 1.165) is 10.4 Å². The first-order valence-corrected chi connectivity index (χ1v) is 6.71. The fourth-order valence-electron chi connectivity index (χ4n) is 1.72. The fourth-order valence-corrected chi connectivity index (χ4v) is 4.03. The van der Waals surface area contributed by atoms with Crippen LogP contribution in [0.2, 0.25) is 0 Å². The smallest absolute Gasteiger partial charge is 0.245 e. The van der Waals surface area contributed by atoms with Crippen molar-refractivity contribution in [2.75, 3.05) is 0 Å². The Labute approximate surface area is 89.3 Å². The highest BCUT2D eigenvalue weighted by Crippen LogP contribution is 2.22. The minimum Gasteiger partial charge on any atom is -0.245 e. The molecule has 3 heteroatoms. The van der Waals surface area contributed by atoms with Crippen LogP contribution < -0.4 is 10.4 Å². The Hall–Kier alpha value is -1.42. The first-order valence-electron chi connectivity index (χ1n) is 4.90. The van der Waals surface area contributed by atoms with Gasteiger partial charge in [-0.2, -0.15) is 0 Å². The Morgan fingerprint density at radius 3 is 1.33 bits per heavy atom. The Kier molecular flexibility index (Phi) is 1.95. The molecule has 15 heavy (non-hydrogen) atoms. The van der Waals surface area contributed by atoms with Gasteiger partial charge in [0.1, 0.15) is 0 Å². The van der Waals surface area contributed by atoms with Crippen molar-refractivity contribution in [3.05, 3.63) is 60.7 Å². The van der Waals surface area contributed by atoms with E-state index < -0.39 is 8.56 Å². The highest BCUT2D eigenvalue weighted by molar-refractivity contribution is 6.96. The topological polar surface area (TPSA) is 25.1 Å². The maximum atomic E-state index is 5.31. The Morgan fingerprint density at radius 2 is 1.00 bits per heavy atom. The molecule has 0 atom stereocenters. The molecule has 2 aromatic rings. The van der Waals surface area contributed by atoms with Crippen molar-refractivity contribution >= 4 is 18.9 Å². The van der Waals surface area contributed by atoms with Gasteiger partial charge < -0.3 is 0 Å². The molecule has 0 bridgehead atoms. The van der Waals surface area contributed by atoms with Crippen LogP contribution in [0.25, 0.3) is 0 Å². The predicted molar refractivity (Wildman–Crippen MR) is 60.1 cm³/mol. The van der Waals surface area contributed by atoms with Gasteiger partial charge >= 0.3 is 8.56 Å². The highest BCUT2D eigenvalue weighted by Gasteiger charge is 2.58. The average molecular weight is 214 g/mol. The number of rotatable bonds is 2. The van der Waals surface area contributed by atoms with Gasteiger partial charge in [-0.05, 0) is 0 Å². The minimum atomic E-state index is -2.21. The molecule has 1 heterocycles. The third-order valence-corrected chi connectivity index (χ3v) is 5.24. The van der Waals surface area contributed by atoms with Crippen molar-refractivity contribution in [3.63, 3.8) is 0 Å². The number of hydrogen-bond acceptors (Lipinski definition) is 2. The van der Waals surface area contributed by atoms with Crippen LogP contribution in [0.1, 0.15) is 0 Å². The van der Waals surface area contributed by atoms with E-state index in [4.69, 9.17) is 9.15 Å². The summed E-state index contributed by atoms with van der Waals surface area (Å²) < 4.78 is 10.6. The standard InChI is InChI=1S/C12H10O2Si/c1-3-7-11(8-4-1)15(13-14-15)12-9-5-2-6-10-12/h1-10H. The molecular formula is C12H10O2Si. The van der Waals surface area contributed by atoms with E-state index in [-0.39, 0.29) is 0 Å². The van der Waals surface area contributed by atoms with Crippen LogP contribution >= 0.6 is 0 Å². The van der Waals surface area contributed by atoms with Gasteiger partial charge in [0.2, 0.25) is 0 Å². The molecule has 74 valence electrons. The monoisotopic (exact) mass is 214 g/mol. The summed E-state index contributed by atoms with van der Waals surface area (Å²) in [6, 6.07) is 20.3. The lowest BCUT2D eigenvalue weighted by Crippen LogP contribution is -2.46. The van der Waals surface area contributed by atoms with Gasteiger partial charge in [0, 0.05) is 10.4 Å². The van der Waals surface area contributed by atoms with Crippen LogP contribution in [0.4, 0.5) is 0 Å². The third kappa shape index (κ3) is 1.41. The van der Waals surface area contributed by atoms with Gasteiger partial charge in [0.05, 0.1) is 0 Å². The van der Waals surface area contributed by atoms with Gasteiger partial charge in [-0.15, -0.1) is 0 Å². The zero-order valence-corrected chi connectivity index (χ0v) is 9.09. The normalized spacial score (nSPS) is 17.3. The number of hydrogen-bond donors (Lipinski definition) is 0. The van der Waals surface area contributed by atoms with E-state index in [1.54, 1.807) is 0 Å². The van der Waals surface area contributed by atoms with Crippen molar-refractivity contribution in [3.8, 4) is 0 Å². The second-order valence-electron chi connectivity index (χ2n) is 3.52. The summed E-state index contributed by atoms with van der Waals surface area (Å²) in [6.07, 6.45) is 0. The first kappa shape index (κ1) is 8.85. The van der Waals surface area contributed by atoms with Crippen molar-refractivity contribution in [1.82, 2.24) is 0 Å². The molecule has 2 nitrogen and oxygen atoms in total. The van der Waals surface area contributed by atoms with Crippen LogP contribution in [-0.4, -0.2) is 8.56 Å². The van der Waals surface area contributed by atoms with Crippen molar-refractivity contribution in [2.45, 2.75) is 0 Å². The van der Waals surface area contributed by atoms with E-state index >= 15 is 0 Å². The van der Waals surface area contributed by atoms with Gasteiger partial charge in [0.15, 0.2) is 0 Å². The maximum Gasteiger partial charge on any atom is 0.467 e. The van der Waals surface area contributed by atoms with Gasteiger partial charge in [-0.25, -0.2) is 9.15 Å². The van der Waals surface area contributed by atoms with Gasteiger partial charge in [-0.3, -0.25) is 0 Å². The van der Waals surface area contributed by atoms with E-state index in [2.05, 4.69) is 24.3 Å². The molecule has 0 radical (unpaired) electrons. The first-order chi connectivity index (χ1) is 7.42. The molecule has 0 aromatic heterocycles. The van der Waals surface area contributed by atoms with Crippen molar-refractivity contribution in [2.24, 2.45) is 0 Å². The molecule has 2 aromatic carbocycles. The minimum absolute atomic E-state index is 1.16. The van der Waals surface area contributed by atoms with Crippen LogP contribution in [0.3, 0.4) is 0 Å². The zero-order chi connectivity index (χ0) is 10.1. The third-order valence-electron chi connectivity index (χ3n) is 2.56. The summed E-state index contributed by atoms with van der Waals surface area (Å²) in [6.45, 7) is 0. The molecular weight excluding hydrogens is 204 g/mol. The zero-order valence-electron chi connectivity index (χ0n) is 8.09. The molecule has 1 aliphatic heterocycles. The summed E-state index contributed by atoms with van der Waals surface area (Å²) in [4.78, 5) is 0. The van der Waals surface area contributed by atoms with Gasteiger partial charge in [0.25, 0.3) is 0 Å². The van der Waals surface area contributed by atoms with Crippen LogP contribution in [-0.2, 0) is 9.15 Å². The predicted octanol–water partition coefficient (Wildman–Crippen LogP) is 1.20. The highest BCUT2D eigenvalue weighted by atomic mass is 28.4. The van der Waals surface area contributed by atoms with E-state index in [9.17, 15) is 0 Å². The van der Waals surface area contributed by atoms with E-state index in [0.29, 0.717) is 0 Å². The van der Waals surface area contributed by atoms with E-state index in [1.165, 1.54) is 0 Å². The second-order valence-corrected chi connectivity index (χ2v) is 6.24. The summed E-state index contributed by atoms with van der Waals surface area (Å²) in [5, 5.41) is 2.33. The largest absolute Gasteiger partial charge is 0.467 e. The SMILES string of the molecule is c1ccc([Si]2(c3ccccc3)OO2)cc1. The lowest BCUT2D eigenvalue weighted by Gasteiger charge is -2.03. The van der Waals surface area contributed by atoms with Crippen molar-refractivity contribution in [1.29, 1.82) is 0 Å². The summed E-state index contributed by atoms with van der Waals surface area (Å²) in [5.41, 5.74) is 0. The fraction of sp³-hybridized carbons (Fsp3) is 0. The molecule has 3 rings (SSSR count). The summed E-state index contributed by atoms with van der Waals surface area (Å²) in [5.74, 6) is 0. The van der Waals surface area contributed by atoms with Crippen molar-refractivity contribution < 1.29 is 9.15 Å². The Bertz CT molecular complexity index is 410. The molecule has 0 saturated carbocycles. The maximum absolute atomic E-state index is 5.31. The van der Waals surface area contributed by atoms with E-state index in [1.807, 2.05) is 36.4 Å². The van der Waals surface area contributed by atoms with Crippen LogP contribution in [0.15, 0.2) is 60.7 Å². The molecule has 1 fully saturated rings. The van der Waals surface area contributed by atoms with Crippen LogP contribution in [0.5, 0.6) is 0 Å². The Morgan fingerprint density at radius 1 is 0.600 bits per heavy atom. The summed E-state index contributed by atoms with van der Waals surface area (Å²) in [7, 11) is -2.21. The van der Waals surface area contributed by atoms with Crippen LogP contribution in [0, 0.1) is 0 Å². The molecule has 1 saturated heterocycles. The second kappa shape index (κ2) is 3.31. The summed E-state index contributed by atoms with van der Waals surface area (Å²) >= 11 is 0. The molecule has 0 aliphatic carbocycles. The average Bonchev–Trinajstić information content (AvgIpc) is 3.13. The molecule has 0 N–H and O–H groups in total. The molecule has 0 unspecified atom stereocenters. The number of benzene rings is 2. The Balaban J connectivity index is 2.06. The molecule has 1 aliphatic rings. The lowest BCUT2D eigenvalue weighted by atomic mass is 10.4. The van der Waals surface area contributed by atoms with Gasteiger partial charge in [-0.1, -0.05) is 60.7 Å².